The zero-order valence-corrected chi connectivity index (χ0v) is 11.5. The lowest BCUT2D eigenvalue weighted by atomic mass is 10.1. The fourth-order valence-corrected chi connectivity index (χ4v) is 2.32. The Morgan fingerprint density at radius 1 is 1.35 bits per heavy atom. The first kappa shape index (κ1) is 14.9. The molecule has 3 heteroatoms. The fourth-order valence-electron chi connectivity index (χ4n) is 2.32. The van der Waals surface area contributed by atoms with Crippen LogP contribution in [0.5, 0.6) is 0 Å². The van der Waals surface area contributed by atoms with Crippen molar-refractivity contribution in [2.24, 2.45) is 0 Å². The minimum absolute atomic E-state index is 0.361. The summed E-state index contributed by atoms with van der Waals surface area (Å²) in [6, 6.07) is 0.662. The van der Waals surface area contributed by atoms with Crippen LogP contribution in [0.1, 0.15) is 52.4 Å². The summed E-state index contributed by atoms with van der Waals surface area (Å²) in [6.45, 7) is 8.06. The minimum Gasteiger partial charge on any atom is -0.379 e. The zero-order chi connectivity index (χ0) is 12.3. The van der Waals surface area contributed by atoms with Crippen LogP contribution < -0.4 is 5.32 Å². The van der Waals surface area contributed by atoms with Crippen molar-refractivity contribution in [3.8, 4) is 0 Å². The van der Waals surface area contributed by atoms with E-state index in [-0.39, 0.29) is 0 Å². The van der Waals surface area contributed by atoms with Crippen LogP contribution >= 0.6 is 0 Å². The van der Waals surface area contributed by atoms with Gasteiger partial charge in [-0.25, -0.2) is 0 Å². The van der Waals surface area contributed by atoms with E-state index in [4.69, 9.17) is 9.47 Å². The Labute approximate surface area is 106 Å². The summed E-state index contributed by atoms with van der Waals surface area (Å²) in [5.41, 5.74) is 0. The van der Waals surface area contributed by atoms with Crippen LogP contribution in [-0.2, 0) is 9.47 Å². The predicted octanol–water partition coefficient (Wildman–Crippen LogP) is 2.74. The quantitative estimate of drug-likeness (QED) is 0.632. The van der Waals surface area contributed by atoms with Gasteiger partial charge in [-0.2, -0.15) is 0 Å². The average molecular weight is 243 g/mol. The third-order valence-corrected chi connectivity index (χ3v) is 3.40. The molecule has 0 saturated carbocycles. The molecule has 1 heterocycles. The number of nitrogens with one attached hydrogen (secondary N) is 1. The number of rotatable bonds is 9. The summed E-state index contributed by atoms with van der Waals surface area (Å²) in [4.78, 5) is 0. The molecule has 1 aliphatic heterocycles. The molecule has 102 valence electrons. The summed E-state index contributed by atoms with van der Waals surface area (Å²) in [6.07, 6.45) is 7.63. The van der Waals surface area contributed by atoms with Gasteiger partial charge in [0, 0.05) is 19.3 Å². The molecule has 0 amide bonds. The van der Waals surface area contributed by atoms with Crippen molar-refractivity contribution in [1.29, 1.82) is 0 Å². The molecule has 2 atom stereocenters. The lowest BCUT2D eigenvalue weighted by molar-refractivity contribution is -0.0412. The van der Waals surface area contributed by atoms with Crippen molar-refractivity contribution in [2.75, 3.05) is 26.4 Å². The van der Waals surface area contributed by atoms with Gasteiger partial charge in [0.25, 0.3) is 0 Å². The highest BCUT2D eigenvalue weighted by Gasteiger charge is 2.13. The van der Waals surface area contributed by atoms with Gasteiger partial charge in [0.15, 0.2) is 0 Å². The van der Waals surface area contributed by atoms with E-state index in [0.717, 1.165) is 32.8 Å². The van der Waals surface area contributed by atoms with Gasteiger partial charge >= 0.3 is 0 Å². The predicted molar refractivity (Wildman–Crippen MR) is 71.4 cm³/mol. The molecular formula is C14H29NO2. The Morgan fingerprint density at radius 2 is 2.24 bits per heavy atom. The molecule has 0 bridgehead atoms. The van der Waals surface area contributed by atoms with Crippen molar-refractivity contribution < 1.29 is 9.47 Å². The topological polar surface area (TPSA) is 30.5 Å². The van der Waals surface area contributed by atoms with Crippen LogP contribution in [0, 0.1) is 0 Å². The molecule has 0 aromatic heterocycles. The van der Waals surface area contributed by atoms with Gasteiger partial charge in [0.05, 0.1) is 12.7 Å². The van der Waals surface area contributed by atoms with Crippen LogP contribution in [0.4, 0.5) is 0 Å². The maximum Gasteiger partial charge on any atom is 0.0808 e. The van der Waals surface area contributed by atoms with Crippen LogP contribution in [0.2, 0.25) is 0 Å². The first-order valence-corrected chi connectivity index (χ1v) is 7.29. The highest BCUT2D eigenvalue weighted by molar-refractivity contribution is 4.64. The van der Waals surface area contributed by atoms with Crippen molar-refractivity contribution in [3.05, 3.63) is 0 Å². The summed E-state index contributed by atoms with van der Waals surface area (Å²) < 4.78 is 11.3. The third kappa shape index (κ3) is 7.02. The average Bonchev–Trinajstić information content (AvgIpc) is 2.38. The second-order valence-corrected chi connectivity index (χ2v) is 4.87. The van der Waals surface area contributed by atoms with Gasteiger partial charge in [-0.05, 0) is 45.1 Å². The molecule has 3 nitrogen and oxygen atoms in total. The highest BCUT2D eigenvalue weighted by Crippen LogP contribution is 2.13. The SMILES string of the molecule is CCNC(CC)CCCOCC1CCCCO1. The molecule has 1 N–H and O–H groups in total. The smallest absolute Gasteiger partial charge is 0.0808 e. The van der Waals surface area contributed by atoms with E-state index in [0.29, 0.717) is 12.1 Å². The molecule has 0 radical (unpaired) electrons. The second-order valence-electron chi connectivity index (χ2n) is 4.87. The molecule has 1 saturated heterocycles. The molecule has 17 heavy (non-hydrogen) atoms. The van der Waals surface area contributed by atoms with Gasteiger partial charge in [-0.3, -0.25) is 0 Å². The van der Waals surface area contributed by atoms with Crippen molar-refractivity contribution >= 4 is 0 Å². The first-order chi connectivity index (χ1) is 8.36. The number of hydrogen-bond donors (Lipinski definition) is 1. The zero-order valence-electron chi connectivity index (χ0n) is 11.5. The molecule has 1 rings (SSSR count). The Kier molecular flexibility index (Phi) is 8.67. The number of hydrogen-bond acceptors (Lipinski definition) is 3. The Bertz CT molecular complexity index is 163. The van der Waals surface area contributed by atoms with E-state index in [9.17, 15) is 0 Å². The lowest BCUT2D eigenvalue weighted by Gasteiger charge is -2.22. The van der Waals surface area contributed by atoms with Gasteiger partial charge in [-0.1, -0.05) is 13.8 Å². The van der Waals surface area contributed by atoms with E-state index >= 15 is 0 Å². The molecule has 0 aromatic rings. The second kappa shape index (κ2) is 9.86. The summed E-state index contributed by atoms with van der Waals surface area (Å²) in [5, 5.41) is 3.49. The van der Waals surface area contributed by atoms with E-state index in [2.05, 4.69) is 19.2 Å². The summed E-state index contributed by atoms with van der Waals surface area (Å²) in [5.74, 6) is 0. The minimum atomic E-state index is 0.361. The highest BCUT2D eigenvalue weighted by atomic mass is 16.5. The molecule has 0 spiro atoms. The molecule has 2 unspecified atom stereocenters. The van der Waals surface area contributed by atoms with Gasteiger partial charge in [-0.15, -0.1) is 0 Å². The van der Waals surface area contributed by atoms with Crippen molar-refractivity contribution in [2.45, 2.75) is 64.5 Å². The molecule has 1 fully saturated rings. The third-order valence-electron chi connectivity index (χ3n) is 3.40. The molecular weight excluding hydrogens is 214 g/mol. The van der Waals surface area contributed by atoms with E-state index in [1.165, 1.54) is 32.1 Å². The van der Waals surface area contributed by atoms with Gasteiger partial charge < -0.3 is 14.8 Å². The van der Waals surface area contributed by atoms with E-state index < -0.39 is 0 Å². The number of ether oxygens (including phenoxy) is 2. The Balaban J connectivity index is 1.92. The van der Waals surface area contributed by atoms with Crippen LogP contribution in [0.3, 0.4) is 0 Å². The summed E-state index contributed by atoms with van der Waals surface area (Å²) in [7, 11) is 0. The fraction of sp³-hybridized carbons (Fsp3) is 1.00. The van der Waals surface area contributed by atoms with Gasteiger partial charge in [0.2, 0.25) is 0 Å². The molecule has 0 aliphatic carbocycles. The first-order valence-electron chi connectivity index (χ1n) is 7.29. The monoisotopic (exact) mass is 243 g/mol. The van der Waals surface area contributed by atoms with Gasteiger partial charge in [0.1, 0.15) is 0 Å². The van der Waals surface area contributed by atoms with Crippen molar-refractivity contribution in [1.82, 2.24) is 5.32 Å². The van der Waals surface area contributed by atoms with Crippen LogP contribution in [-0.4, -0.2) is 38.5 Å². The standard InChI is InChI=1S/C14H29NO2/c1-3-13(15-4-2)8-7-10-16-12-14-9-5-6-11-17-14/h13-15H,3-12H2,1-2H3. The molecule has 0 aromatic carbocycles. The van der Waals surface area contributed by atoms with Crippen LogP contribution in [0.15, 0.2) is 0 Å². The Hall–Kier alpha value is -0.120. The molecule has 1 aliphatic rings. The van der Waals surface area contributed by atoms with Crippen LogP contribution in [0.25, 0.3) is 0 Å². The largest absolute Gasteiger partial charge is 0.379 e. The van der Waals surface area contributed by atoms with E-state index in [1.807, 2.05) is 0 Å². The van der Waals surface area contributed by atoms with Crippen molar-refractivity contribution in [3.63, 3.8) is 0 Å². The van der Waals surface area contributed by atoms with E-state index in [1.54, 1.807) is 0 Å². The maximum atomic E-state index is 5.69. The normalized spacial score (nSPS) is 22.6. The summed E-state index contributed by atoms with van der Waals surface area (Å²) >= 11 is 0. The maximum absolute atomic E-state index is 5.69. The lowest BCUT2D eigenvalue weighted by Crippen LogP contribution is -2.28. The Morgan fingerprint density at radius 3 is 2.88 bits per heavy atom.